The minimum Gasteiger partial charge on any atom is -0.480 e. The van der Waals surface area contributed by atoms with Crippen molar-refractivity contribution in [3.05, 3.63) is 42.1 Å². The van der Waals surface area contributed by atoms with Crippen molar-refractivity contribution >= 4 is 16.9 Å². The monoisotopic (exact) mass is 240 g/mol. The van der Waals surface area contributed by atoms with E-state index in [4.69, 9.17) is 6.42 Å². The molecular formula is C14H12N2O2. The van der Waals surface area contributed by atoms with E-state index in [1.165, 1.54) is 0 Å². The van der Waals surface area contributed by atoms with Gasteiger partial charge in [0.25, 0.3) is 0 Å². The summed E-state index contributed by atoms with van der Waals surface area (Å²) < 4.78 is 0. The molecule has 4 heteroatoms. The van der Waals surface area contributed by atoms with Crippen LogP contribution in [0.15, 0.2) is 36.5 Å². The maximum Gasteiger partial charge on any atom is 0.325 e. The summed E-state index contributed by atoms with van der Waals surface area (Å²) in [5.41, 5.74) is 1.50. The van der Waals surface area contributed by atoms with Crippen LogP contribution in [0.1, 0.15) is 11.6 Å². The standard InChI is InChI=1S/C14H12N2O2/c1-2-7-16-13(14(17)18)11-5-6-12-10(9-11)4-3-8-15-12/h1,3-6,8-9,13,16H,7H2,(H,17,18). The van der Waals surface area contributed by atoms with E-state index in [9.17, 15) is 9.90 Å². The van der Waals surface area contributed by atoms with Gasteiger partial charge in [-0.25, -0.2) is 0 Å². The highest BCUT2D eigenvalue weighted by Crippen LogP contribution is 2.19. The van der Waals surface area contributed by atoms with E-state index in [0.29, 0.717) is 5.56 Å². The first kappa shape index (κ1) is 12.1. The zero-order chi connectivity index (χ0) is 13.0. The smallest absolute Gasteiger partial charge is 0.325 e. The van der Waals surface area contributed by atoms with Crippen molar-refractivity contribution in [2.75, 3.05) is 6.54 Å². The Bertz CT molecular complexity index is 616. The molecule has 0 spiro atoms. The van der Waals surface area contributed by atoms with Crippen molar-refractivity contribution in [1.29, 1.82) is 0 Å². The number of carboxylic acid groups (broad SMARTS) is 1. The second-order valence-corrected chi connectivity index (χ2v) is 3.81. The van der Waals surface area contributed by atoms with Crippen LogP contribution < -0.4 is 5.32 Å². The van der Waals surface area contributed by atoms with Gasteiger partial charge in [0.1, 0.15) is 6.04 Å². The molecule has 1 aromatic heterocycles. The maximum atomic E-state index is 11.2. The quantitative estimate of drug-likeness (QED) is 0.796. The Hall–Kier alpha value is -2.38. The molecule has 0 saturated carbocycles. The lowest BCUT2D eigenvalue weighted by molar-refractivity contribution is -0.139. The molecule has 1 heterocycles. The number of aliphatic carboxylic acids is 1. The SMILES string of the molecule is C#CCNC(C(=O)O)c1ccc2ncccc2c1. The highest BCUT2D eigenvalue weighted by molar-refractivity contribution is 5.82. The van der Waals surface area contributed by atoms with Crippen molar-refractivity contribution in [2.45, 2.75) is 6.04 Å². The molecule has 2 aromatic rings. The van der Waals surface area contributed by atoms with Crippen molar-refractivity contribution in [3.63, 3.8) is 0 Å². The number of fused-ring (bicyclic) bond motifs is 1. The second kappa shape index (κ2) is 5.30. The van der Waals surface area contributed by atoms with E-state index >= 15 is 0 Å². The number of benzene rings is 1. The van der Waals surface area contributed by atoms with Crippen LogP contribution in [0, 0.1) is 12.3 Å². The number of nitrogens with zero attached hydrogens (tertiary/aromatic N) is 1. The van der Waals surface area contributed by atoms with Gasteiger partial charge in [-0.15, -0.1) is 6.42 Å². The highest BCUT2D eigenvalue weighted by atomic mass is 16.4. The molecule has 0 radical (unpaired) electrons. The van der Waals surface area contributed by atoms with Gasteiger partial charge in [0.2, 0.25) is 0 Å². The van der Waals surface area contributed by atoms with Gasteiger partial charge in [-0.3, -0.25) is 15.1 Å². The molecule has 90 valence electrons. The van der Waals surface area contributed by atoms with Gasteiger partial charge >= 0.3 is 5.97 Å². The van der Waals surface area contributed by atoms with Crippen molar-refractivity contribution in [1.82, 2.24) is 10.3 Å². The van der Waals surface area contributed by atoms with Crippen LogP contribution >= 0.6 is 0 Å². The lowest BCUT2D eigenvalue weighted by Gasteiger charge is -2.13. The van der Waals surface area contributed by atoms with Crippen LogP contribution in [0.5, 0.6) is 0 Å². The summed E-state index contributed by atoms with van der Waals surface area (Å²) in [5, 5.41) is 12.9. The summed E-state index contributed by atoms with van der Waals surface area (Å²) in [6.07, 6.45) is 6.83. The lowest BCUT2D eigenvalue weighted by Crippen LogP contribution is -2.28. The lowest BCUT2D eigenvalue weighted by atomic mass is 10.0. The largest absolute Gasteiger partial charge is 0.480 e. The number of carboxylic acids is 1. The third-order valence-corrected chi connectivity index (χ3v) is 2.62. The maximum absolute atomic E-state index is 11.2. The number of rotatable bonds is 4. The van der Waals surface area contributed by atoms with E-state index in [1.54, 1.807) is 18.3 Å². The number of nitrogens with one attached hydrogen (secondary N) is 1. The number of aromatic nitrogens is 1. The molecule has 0 bridgehead atoms. The summed E-state index contributed by atoms with van der Waals surface area (Å²) in [6.45, 7) is 0.210. The molecule has 1 aromatic carbocycles. The van der Waals surface area contributed by atoms with Crippen LogP contribution in [0.3, 0.4) is 0 Å². The molecule has 0 aliphatic carbocycles. The number of terminal acetylenes is 1. The Kier molecular flexibility index (Phi) is 3.56. The predicted octanol–water partition coefficient (Wildman–Crippen LogP) is 1.58. The van der Waals surface area contributed by atoms with E-state index < -0.39 is 12.0 Å². The Morgan fingerprint density at radius 3 is 3.06 bits per heavy atom. The Balaban J connectivity index is 2.38. The first-order valence-corrected chi connectivity index (χ1v) is 5.46. The van der Waals surface area contributed by atoms with Crippen LogP contribution in [-0.2, 0) is 4.79 Å². The average Bonchev–Trinajstić information content (AvgIpc) is 2.38. The molecule has 1 atom stereocenters. The van der Waals surface area contributed by atoms with Gasteiger partial charge in [0.15, 0.2) is 0 Å². The summed E-state index contributed by atoms with van der Waals surface area (Å²) in [7, 11) is 0. The van der Waals surface area contributed by atoms with Gasteiger partial charge < -0.3 is 5.11 Å². The molecule has 0 saturated heterocycles. The Morgan fingerprint density at radius 1 is 1.50 bits per heavy atom. The summed E-state index contributed by atoms with van der Waals surface area (Å²) >= 11 is 0. The minimum atomic E-state index is -0.950. The topological polar surface area (TPSA) is 62.2 Å². The Morgan fingerprint density at radius 2 is 2.33 bits per heavy atom. The molecule has 4 nitrogen and oxygen atoms in total. The first-order chi connectivity index (χ1) is 8.72. The third kappa shape index (κ3) is 2.47. The van der Waals surface area contributed by atoms with Crippen LogP contribution in [-0.4, -0.2) is 22.6 Å². The molecule has 0 aliphatic heterocycles. The highest BCUT2D eigenvalue weighted by Gasteiger charge is 2.18. The van der Waals surface area contributed by atoms with Crippen molar-refractivity contribution in [3.8, 4) is 12.3 Å². The number of carbonyl (C=O) groups is 1. The summed E-state index contributed by atoms with van der Waals surface area (Å²) in [6, 6.07) is 8.27. The molecule has 18 heavy (non-hydrogen) atoms. The second-order valence-electron chi connectivity index (χ2n) is 3.81. The van der Waals surface area contributed by atoms with Crippen LogP contribution in [0.25, 0.3) is 10.9 Å². The van der Waals surface area contributed by atoms with Gasteiger partial charge in [0, 0.05) is 11.6 Å². The van der Waals surface area contributed by atoms with Crippen molar-refractivity contribution in [2.24, 2.45) is 0 Å². The van der Waals surface area contributed by atoms with E-state index in [1.807, 2.05) is 18.2 Å². The van der Waals surface area contributed by atoms with Gasteiger partial charge in [-0.1, -0.05) is 18.1 Å². The predicted molar refractivity (Wildman–Crippen MR) is 69.0 cm³/mol. The Labute approximate surface area is 105 Å². The van der Waals surface area contributed by atoms with Crippen LogP contribution in [0.4, 0.5) is 0 Å². The summed E-state index contributed by atoms with van der Waals surface area (Å²) in [4.78, 5) is 15.4. The van der Waals surface area contributed by atoms with Crippen molar-refractivity contribution < 1.29 is 9.90 Å². The zero-order valence-corrected chi connectivity index (χ0v) is 9.63. The molecule has 2 rings (SSSR count). The van der Waals surface area contributed by atoms with Gasteiger partial charge in [-0.05, 0) is 23.8 Å². The van der Waals surface area contributed by atoms with E-state index in [0.717, 1.165) is 10.9 Å². The molecule has 0 aliphatic rings. The van der Waals surface area contributed by atoms with Gasteiger partial charge in [0.05, 0.1) is 12.1 Å². The van der Waals surface area contributed by atoms with E-state index in [2.05, 4.69) is 16.2 Å². The fourth-order valence-corrected chi connectivity index (χ4v) is 1.78. The number of hydrogen-bond acceptors (Lipinski definition) is 3. The average molecular weight is 240 g/mol. The fraction of sp³-hybridized carbons (Fsp3) is 0.143. The molecule has 1 unspecified atom stereocenters. The molecule has 2 N–H and O–H groups in total. The molecule has 0 fully saturated rings. The zero-order valence-electron chi connectivity index (χ0n) is 9.63. The van der Waals surface area contributed by atoms with E-state index in [-0.39, 0.29) is 6.54 Å². The third-order valence-electron chi connectivity index (χ3n) is 2.62. The van der Waals surface area contributed by atoms with Gasteiger partial charge in [-0.2, -0.15) is 0 Å². The first-order valence-electron chi connectivity index (χ1n) is 5.46. The van der Waals surface area contributed by atoms with Crippen LogP contribution in [0.2, 0.25) is 0 Å². The molecule has 0 amide bonds. The molecular weight excluding hydrogens is 228 g/mol. The fourth-order valence-electron chi connectivity index (χ4n) is 1.78. The number of pyridine rings is 1. The summed E-state index contributed by atoms with van der Waals surface area (Å²) in [5.74, 6) is 1.42. The normalized spacial score (nSPS) is 11.9. The minimum absolute atomic E-state index is 0.210. The number of hydrogen-bond donors (Lipinski definition) is 2.